The summed E-state index contributed by atoms with van der Waals surface area (Å²) in [6, 6.07) is 11.4. The third kappa shape index (κ3) is 13.3. The largest absolute Gasteiger partial charge is 0.683 e. The minimum absolute atomic E-state index is 0.00632. The Morgan fingerprint density at radius 2 is 0.810 bits per heavy atom. The lowest BCUT2D eigenvalue weighted by Crippen LogP contribution is -2.43. The first-order chi connectivity index (χ1) is 26.7. The predicted octanol–water partition coefficient (Wildman–Crippen LogP) is -1.11. The molecule has 4 N–H and O–H groups in total. The molecule has 0 atom stereocenters. The number of aryl methyl sites for hydroxylation is 3. The number of benzene rings is 3. The highest BCUT2D eigenvalue weighted by molar-refractivity contribution is 7.58. The summed E-state index contributed by atoms with van der Waals surface area (Å²) < 4.78 is 83.2. The van der Waals surface area contributed by atoms with Crippen LogP contribution < -0.4 is 44.9 Å². The van der Waals surface area contributed by atoms with Gasteiger partial charge < -0.3 is 49.8 Å². The molecular formula is C34H36F6N3O12P3-4. The van der Waals surface area contributed by atoms with Gasteiger partial charge in [-0.05, 0) is 72.4 Å². The second kappa shape index (κ2) is 19.8. The molecule has 3 aromatic rings. The van der Waals surface area contributed by atoms with Gasteiger partial charge in [-0.25, -0.2) is 9.79 Å². The molecule has 0 aliphatic carbocycles. The Kier molecular flexibility index (Phi) is 16.7. The van der Waals surface area contributed by atoms with Crippen LogP contribution in [0.4, 0.5) is 26.3 Å². The quantitative estimate of drug-likeness (QED) is 0.0732. The third-order valence-corrected chi connectivity index (χ3v) is 11.5. The number of amides is 3. The molecule has 58 heavy (non-hydrogen) atoms. The molecule has 0 saturated heterocycles. The SMILES string of the molecule is O=C(CCc1ccc(C(F)(F)[P+]([O-])([O-])[O-])cc1)NCCN(CCNC(=O)CCc1ccc(C(F)(F)[P+]([O-])([O-])[O-])cc1)C(=O)CCc1ccc(C(F)(F)[P+]([O-])(O)O)cc1. The van der Waals surface area contributed by atoms with E-state index in [9.17, 15) is 75.0 Å². The number of nitrogens with zero attached hydrogens (tertiary/aromatic N) is 1. The minimum atomic E-state index is -6.27. The average molecular weight is 886 g/mol. The second-order valence-corrected chi connectivity index (χ2v) is 17.6. The van der Waals surface area contributed by atoms with Crippen molar-refractivity contribution in [2.24, 2.45) is 0 Å². The first kappa shape index (κ1) is 48.9. The van der Waals surface area contributed by atoms with E-state index in [2.05, 4.69) is 10.6 Å². The fourth-order valence-electron chi connectivity index (χ4n) is 5.22. The van der Waals surface area contributed by atoms with E-state index >= 15 is 0 Å². The zero-order valence-corrected chi connectivity index (χ0v) is 32.7. The van der Waals surface area contributed by atoms with Crippen LogP contribution in [0.15, 0.2) is 72.8 Å². The van der Waals surface area contributed by atoms with E-state index in [-0.39, 0.29) is 64.7 Å². The number of carbonyl (C=O) groups excluding carboxylic acids is 3. The molecule has 0 saturated carbocycles. The van der Waals surface area contributed by atoms with Crippen LogP contribution >= 0.6 is 23.8 Å². The van der Waals surface area contributed by atoms with Gasteiger partial charge in [-0.1, -0.05) is 52.3 Å². The summed E-state index contributed by atoms with van der Waals surface area (Å²) in [5, 5.41) is 5.13. The maximum Gasteiger partial charge on any atom is 0.428 e. The van der Waals surface area contributed by atoms with Crippen molar-refractivity contribution in [3.05, 3.63) is 106 Å². The number of alkyl halides is 6. The Morgan fingerprint density at radius 1 is 0.517 bits per heavy atom. The van der Waals surface area contributed by atoms with Crippen molar-refractivity contribution < 1.29 is 84.8 Å². The molecule has 0 unspecified atom stereocenters. The van der Waals surface area contributed by atoms with Gasteiger partial charge in [-0.2, -0.15) is 26.3 Å². The Labute approximate surface area is 329 Å². The van der Waals surface area contributed by atoms with Crippen LogP contribution in [0.5, 0.6) is 0 Å². The average Bonchev–Trinajstić information content (AvgIpc) is 3.13. The normalized spacial score (nSPS) is 12.9. The minimum Gasteiger partial charge on any atom is -0.683 e. The predicted molar refractivity (Wildman–Crippen MR) is 184 cm³/mol. The lowest BCUT2D eigenvalue weighted by Gasteiger charge is -2.46. The van der Waals surface area contributed by atoms with Crippen LogP contribution in [-0.2, 0) is 50.6 Å². The van der Waals surface area contributed by atoms with Gasteiger partial charge in [0.2, 0.25) is 17.7 Å². The van der Waals surface area contributed by atoms with Gasteiger partial charge in [0.1, 0.15) is 0 Å². The van der Waals surface area contributed by atoms with Crippen molar-refractivity contribution in [3.8, 4) is 0 Å². The maximum absolute atomic E-state index is 14.0. The highest BCUT2D eigenvalue weighted by Crippen LogP contribution is 2.62. The smallest absolute Gasteiger partial charge is 0.428 e. The van der Waals surface area contributed by atoms with Crippen LogP contribution in [0.25, 0.3) is 0 Å². The summed E-state index contributed by atoms with van der Waals surface area (Å²) in [7, 11) is -18.4. The molecular weight excluding hydrogens is 849 g/mol. The highest BCUT2D eigenvalue weighted by Gasteiger charge is 2.55. The first-order valence-electron chi connectivity index (χ1n) is 17.0. The van der Waals surface area contributed by atoms with Gasteiger partial charge >= 0.3 is 24.9 Å². The maximum atomic E-state index is 14.0. The molecule has 0 heterocycles. The summed E-state index contributed by atoms with van der Waals surface area (Å²) >= 11 is 0. The summed E-state index contributed by atoms with van der Waals surface area (Å²) in [6.45, 7) is -0.417. The number of carbonyl (C=O) groups is 3. The van der Waals surface area contributed by atoms with Crippen molar-refractivity contribution in [1.82, 2.24) is 15.5 Å². The summed E-state index contributed by atoms with van der Waals surface area (Å²) in [5.74, 6) is -1.57. The van der Waals surface area contributed by atoms with Crippen molar-refractivity contribution >= 4 is 41.6 Å². The number of rotatable bonds is 21. The van der Waals surface area contributed by atoms with Gasteiger partial charge in [-0.15, -0.1) is 0 Å². The van der Waals surface area contributed by atoms with Crippen molar-refractivity contribution in [2.45, 2.75) is 55.5 Å². The molecule has 24 heteroatoms. The summed E-state index contributed by atoms with van der Waals surface area (Å²) in [5.41, 5.74) is -15.6. The summed E-state index contributed by atoms with van der Waals surface area (Å²) in [6.07, 6.45) is -0.493. The topological polar surface area (TPSA) is 280 Å². The van der Waals surface area contributed by atoms with Gasteiger partial charge in [0.15, 0.2) is 0 Å². The van der Waals surface area contributed by atoms with E-state index in [4.69, 9.17) is 9.79 Å². The molecule has 0 spiro atoms. The Bertz CT molecular complexity index is 1750. The van der Waals surface area contributed by atoms with Crippen LogP contribution in [0.1, 0.15) is 52.6 Å². The van der Waals surface area contributed by atoms with Gasteiger partial charge in [0, 0.05) is 45.4 Å². The molecule has 3 amide bonds. The lowest BCUT2D eigenvalue weighted by molar-refractivity contribution is -0.449. The molecule has 0 bridgehead atoms. The first-order valence-corrected chi connectivity index (χ1v) is 21.7. The van der Waals surface area contributed by atoms with E-state index in [1.165, 1.54) is 4.90 Å². The number of hydrogen-bond donors (Lipinski definition) is 4. The second-order valence-electron chi connectivity index (χ2n) is 12.8. The van der Waals surface area contributed by atoms with E-state index in [0.717, 1.165) is 72.8 Å². The standard InChI is InChI=1S/C34H40F6N3O12P3/c35-32(36,56(47,48)49)26-10-1-23(2-11-26)7-16-29(44)41-19-21-43(31(46)18-9-25-5-14-28(15-6-25)34(39,40)58(53,54)55)22-20-42-30(45)17-8-24-3-12-27(13-4-24)33(37,38)57(50,51)52/h1-6,10-15H,7-9,16-22H2,(H,41,44)(H,42,45)(H2,47,48,49)(H2,50,51,52)(H2,53,54,55)/p-4. The van der Waals surface area contributed by atoms with Crippen molar-refractivity contribution in [1.29, 1.82) is 0 Å². The Morgan fingerprint density at radius 3 is 1.10 bits per heavy atom. The van der Waals surface area contributed by atoms with Crippen LogP contribution in [0.2, 0.25) is 0 Å². The molecule has 0 aromatic heterocycles. The fourth-order valence-corrected chi connectivity index (χ4v) is 6.64. The number of nitrogens with one attached hydrogen (secondary N) is 2. The highest BCUT2D eigenvalue weighted by atomic mass is 31.2. The molecule has 0 aliphatic heterocycles. The van der Waals surface area contributed by atoms with Crippen molar-refractivity contribution in [2.75, 3.05) is 26.2 Å². The number of halogens is 6. The molecule has 0 aliphatic rings. The third-order valence-electron chi connectivity index (χ3n) is 8.63. The van der Waals surface area contributed by atoms with E-state index in [1.54, 1.807) is 0 Å². The van der Waals surface area contributed by atoms with Crippen molar-refractivity contribution in [3.63, 3.8) is 0 Å². The molecule has 3 aromatic carbocycles. The van der Waals surface area contributed by atoms with Gasteiger partial charge in [0.25, 0.3) is 0 Å². The zero-order valence-electron chi connectivity index (χ0n) is 30.0. The molecule has 0 fully saturated rings. The fraction of sp³-hybridized carbons (Fsp3) is 0.382. The monoisotopic (exact) mass is 885 g/mol. The molecule has 0 radical (unpaired) electrons. The van der Waals surface area contributed by atoms with E-state index in [1.807, 2.05) is 0 Å². The van der Waals surface area contributed by atoms with Crippen LogP contribution in [-0.4, -0.2) is 58.6 Å². The number of hydrogen-bond acceptors (Lipinski definition) is 12. The van der Waals surface area contributed by atoms with Gasteiger partial charge in [-0.3, -0.25) is 14.4 Å². The summed E-state index contributed by atoms with van der Waals surface area (Å²) in [4.78, 5) is 134. The molecule has 3 rings (SSSR count). The van der Waals surface area contributed by atoms with Gasteiger partial charge in [0.05, 0.1) is 16.7 Å². The molecule has 15 nitrogen and oxygen atoms in total. The Hall–Kier alpha value is -3.42. The van der Waals surface area contributed by atoms with Crippen LogP contribution in [0, 0.1) is 0 Å². The Balaban J connectivity index is 1.57. The molecule has 320 valence electrons. The van der Waals surface area contributed by atoms with E-state index in [0.29, 0.717) is 16.7 Å². The van der Waals surface area contributed by atoms with Crippen LogP contribution in [0.3, 0.4) is 0 Å². The van der Waals surface area contributed by atoms with E-state index < -0.39 is 75.2 Å². The zero-order chi connectivity index (χ0) is 43.7. The lowest BCUT2D eigenvalue weighted by atomic mass is 10.1.